The Bertz CT molecular complexity index is 1010. The van der Waals surface area contributed by atoms with Crippen molar-refractivity contribution >= 4 is 17.5 Å². The molecule has 1 aromatic heterocycles. The molecule has 2 aromatic rings. The van der Waals surface area contributed by atoms with Gasteiger partial charge in [0, 0.05) is 35.2 Å². The Kier molecular flexibility index (Phi) is 4.16. The molecule has 4 heterocycles. The zero-order chi connectivity index (χ0) is 20.1. The Balaban J connectivity index is 1.34. The number of nitrogens with zero attached hydrogens (tertiary/aromatic N) is 5. The minimum absolute atomic E-state index is 0.0515. The molecule has 5 rings (SSSR count). The average Bonchev–Trinajstić information content (AvgIpc) is 3.38. The normalized spacial score (nSPS) is 24.5. The second-order valence-electron chi connectivity index (χ2n) is 8.32. The number of nitriles is 1. The minimum Gasteiger partial charge on any atom is -0.347 e. The predicted octanol–water partition coefficient (Wildman–Crippen LogP) is 2.60. The molecule has 29 heavy (non-hydrogen) atoms. The lowest BCUT2D eigenvalue weighted by Crippen LogP contribution is -2.43. The third-order valence-electron chi connectivity index (χ3n) is 6.42. The van der Waals surface area contributed by atoms with E-state index in [-0.39, 0.29) is 18.0 Å². The Morgan fingerprint density at radius 2 is 2.00 bits per heavy atom. The van der Waals surface area contributed by atoms with Crippen molar-refractivity contribution in [2.75, 3.05) is 11.4 Å². The highest BCUT2D eigenvalue weighted by Crippen LogP contribution is 2.37. The van der Waals surface area contributed by atoms with Gasteiger partial charge < -0.3 is 15.1 Å². The van der Waals surface area contributed by atoms with Crippen LogP contribution < -0.4 is 10.2 Å². The summed E-state index contributed by atoms with van der Waals surface area (Å²) in [7, 11) is 0. The molecular weight excluding hydrogens is 364 g/mol. The number of carbonyl (C=O) groups is 1. The lowest BCUT2D eigenvalue weighted by Gasteiger charge is -2.22. The fourth-order valence-electron chi connectivity index (χ4n) is 5.13. The number of fused-ring (bicyclic) bond motifs is 3. The van der Waals surface area contributed by atoms with Crippen LogP contribution in [0.1, 0.15) is 46.6 Å². The highest BCUT2D eigenvalue weighted by atomic mass is 16.1. The number of carbonyl (C=O) groups excluding carboxylic acids is 1. The van der Waals surface area contributed by atoms with E-state index in [1.165, 1.54) is 0 Å². The molecule has 0 spiro atoms. The number of aryl methyl sites for hydroxylation is 2. The molecule has 0 saturated carbocycles. The average molecular weight is 388 g/mol. The molecule has 3 aliphatic heterocycles. The van der Waals surface area contributed by atoms with Crippen molar-refractivity contribution in [3.05, 3.63) is 46.8 Å². The van der Waals surface area contributed by atoms with Crippen LogP contribution in [0.2, 0.25) is 0 Å². The van der Waals surface area contributed by atoms with E-state index in [4.69, 9.17) is 0 Å². The van der Waals surface area contributed by atoms with Crippen molar-refractivity contribution in [2.45, 2.75) is 57.7 Å². The Morgan fingerprint density at radius 3 is 2.72 bits per heavy atom. The monoisotopic (exact) mass is 388 g/mol. The molecule has 7 heteroatoms. The third-order valence-corrected chi connectivity index (χ3v) is 6.42. The molecule has 1 aromatic carbocycles. The SMILES string of the molecule is Cc1cc(C)nc(N2CCc3cc(C(=O)NC4CC5CCC4N5C#N)ccc32)n1. The van der Waals surface area contributed by atoms with Gasteiger partial charge in [-0.3, -0.25) is 4.79 Å². The second-order valence-corrected chi connectivity index (χ2v) is 8.32. The van der Waals surface area contributed by atoms with Crippen molar-refractivity contribution in [1.29, 1.82) is 5.26 Å². The Labute approximate surface area is 170 Å². The number of hydrogen-bond donors (Lipinski definition) is 1. The maximum Gasteiger partial charge on any atom is 0.251 e. The van der Waals surface area contributed by atoms with E-state index >= 15 is 0 Å². The van der Waals surface area contributed by atoms with Crippen molar-refractivity contribution in [3.8, 4) is 6.19 Å². The molecular formula is C22H24N6O. The van der Waals surface area contributed by atoms with Gasteiger partial charge in [0.05, 0.1) is 12.1 Å². The van der Waals surface area contributed by atoms with Gasteiger partial charge in [0.15, 0.2) is 6.19 Å². The third kappa shape index (κ3) is 3.00. The van der Waals surface area contributed by atoms with Gasteiger partial charge in [0.1, 0.15) is 0 Å². The lowest BCUT2D eigenvalue weighted by atomic mass is 9.95. The van der Waals surface area contributed by atoms with Crippen molar-refractivity contribution in [1.82, 2.24) is 20.2 Å². The zero-order valence-electron chi connectivity index (χ0n) is 16.7. The largest absolute Gasteiger partial charge is 0.347 e. The first-order chi connectivity index (χ1) is 14.0. The number of rotatable bonds is 3. The summed E-state index contributed by atoms with van der Waals surface area (Å²) in [6, 6.07) is 8.35. The van der Waals surface area contributed by atoms with Gasteiger partial charge in [-0.1, -0.05) is 0 Å². The molecule has 0 aliphatic carbocycles. The standard InChI is InChI=1S/C22H24N6O/c1-13-9-14(2)25-22(24-13)27-8-7-15-10-16(3-5-19(15)27)21(29)26-18-11-17-4-6-20(18)28(17)12-23/h3,5,9-10,17-18,20H,4,6-8,11H2,1-2H3,(H,26,29). The van der Waals surface area contributed by atoms with Crippen LogP contribution in [0, 0.1) is 25.3 Å². The highest BCUT2D eigenvalue weighted by Gasteiger charge is 2.46. The minimum atomic E-state index is -0.0515. The van der Waals surface area contributed by atoms with Crippen LogP contribution in [-0.2, 0) is 6.42 Å². The fraction of sp³-hybridized carbons (Fsp3) is 0.455. The number of benzene rings is 1. The smallest absolute Gasteiger partial charge is 0.251 e. The molecule has 1 N–H and O–H groups in total. The van der Waals surface area contributed by atoms with Gasteiger partial charge in [-0.05, 0) is 69.4 Å². The number of hydrogen-bond acceptors (Lipinski definition) is 6. The van der Waals surface area contributed by atoms with Gasteiger partial charge in [-0.2, -0.15) is 5.26 Å². The fourth-order valence-corrected chi connectivity index (χ4v) is 5.13. The molecule has 3 aliphatic rings. The lowest BCUT2D eigenvalue weighted by molar-refractivity contribution is 0.0928. The van der Waals surface area contributed by atoms with E-state index in [0.717, 1.165) is 60.8 Å². The van der Waals surface area contributed by atoms with E-state index in [2.05, 4.69) is 26.4 Å². The maximum atomic E-state index is 12.9. The van der Waals surface area contributed by atoms with Crippen LogP contribution in [0.3, 0.4) is 0 Å². The van der Waals surface area contributed by atoms with Gasteiger partial charge >= 0.3 is 0 Å². The Hall–Kier alpha value is -3.14. The summed E-state index contributed by atoms with van der Waals surface area (Å²) in [4.78, 5) is 26.0. The number of anilines is 2. The number of amides is 1. The van der Waals surface area contributed by atoms with E-state index in [0.29, 0.717) is 11.6 Å². The summed E-state index contributed by atoms with van der Waals surface area (Å²) in [5.74, 6) is 0.668. The molecule has 1 amide bonds. The summed E-state index contributed by atoms with van der Waals surface area (Å²) in [6.07, 6.45) is 6.07. The summed E-state index contributed by atoms with van der Waals surface area (Å²) in [6.45, 7) is 4.77. The topological polar surface area (TPSA) is 85.2 Å². The van der Waals surface area contributed by atoms with Gasteiger partial charge in [0.25, 0.3) is 5.91 Å². The summed E-state index contributed by atoms with van der Waals surface area (Å²) >= 11 is 0. The maximum absolute atomic E-state index is 12.9. The summed E-state index contributed by atoms with van der Waals surface area (Å²) in [5.41, 5.74) is 4.80. The Morgan fingerprint density at radius 1 is 1.21 bits per heavy atom. The summed E-state index contributed by atoms with van der Waals surface area (Å²) < 4.78 is 0. The van der Waals surface area contributed by atoms with Crippen LogP contribution in [0.4, 0.5) is 11.6 Å². The molecule has 2 bridgehead atoms. The first kappa shape index (κ1) is 17.9. The molecule has 3 unspecified atom stereocenters. The van der Waals surface area contributed by atoms with Crippen LogP contribution in [0.15, 0.2) is 24.3 Å². The highest BCUT2D eigenvalue weighted by molar-refractivity contribution is 5.95. The van der Waals surface area contributed by atoms with E-state index in [1.807, 2.05) is 43.0 Å². The van der Waals surface area contributed by atoms with E-state index in [1.54, 1.807) is 0 Å². The summed E-state index contributed by atoms with van der Waals surface area (Å²) in [5, 5.41) is 12.5. The van der Waals surface area contributed by atoms with Gasteiger partial charge in [-0.25, -0.2) is 9.97 Å². The number of aromatic nitrogens is 2. The van der Waals surface area contributed by atoms with Crippen LogP contribution in [0.25, 0.3) is 0 Å². The molecule has 148 valence electrons. The number of nitrogens with one attached hydrogen (secondary N) is 1. The molecule has 7 nitrogen and oxygen atoms in total. The first-order valence-corrected chi connectivity index (χ1v) is 10.2. The molecule has 0 radical (unpaired) electrons. The van der Waals surface area contributed by atoms with Crippen molar-refractivity contribution in [2.24, 2.45) is 0 Å². The molecule has 2 fully saturated rings. The van der Waals surface area contributed by atoms with Crippen LogP contribution >= 0.6 is 0 Å². The van der Waals surface area contributed by atoms with Crippen molar-refractivity contribution < 1.29 is 4.79 Å². The van der Waals surface area contributed by atoms with Crippen LogP contribution in [0.5, 0.6) is 0 Å². The van der Waals surface area contributed by atoms with Gasteiger partial charge in [-0.15, -0.1) is 0 Å². The zero-order valence-corrected chi connectivity index (χ0v) is 16.7. The first-order valence-electron chi connectivity index (χ1n) is 10.2. The quantitative estimate of drug-likeness (QED) is 0.814. The second kappa shape index (κ2) is 6.73. The van der Waals surface area contributed by atoms with E-state index < -0.39 is 0 Å². The van der Waals surface area contributed by atoms with Gasteiger partial charge in [0.2, 0.25) is 5.95 Å². The van der Waals surface area contributed by atoms with Crippen molar-refractivity contribution in [3.63, 3.8) is 0 Å². The predicted molar refractivity (Wildman–Crippen MR) is 109 cm³/mol. The molecule has 2 saturated heterocycles. The van der Waals surface area contributed by atoms with Crippen LogP contribution in [-0.4, -0.2) is 45.4 Å². The van der Waals surface area contributed by atoms with E-state index in [9.17, 15) is 10.1 Å². The molecule has 3 atom stereocenters.